The van der Waals surface area contributed by atoms with Gasteiger partial charge < -0.3 is 14.4 Å². The lowest BCUT2D eigenvalue weighted by molar-refractivity contribution is 0.270. The second kappa shape index (κ2) is 11.5. The van der Waals surface area contributed by atoms with Gasteiger partial charge in [0.05, 0.1) is 23.2 Å². The van der Waals surface area contributed by atoms with Gasteiger partial charge in [0.25, 0.3) is 0 Å². The van der Waals surface area contributed by atoms with Gasteiger partial charge in [0.1, 0.15) is 23.6 Å². The summed E-state index contributed by atoms with van der Waals surface area (Å²) >= 11 is 0. The van der Waals surface area contributed by atoms with Crippen molar-refractivity contribution in [1.29, 1.82) is 0 Å². The molecule has 40 heavy (non-hydrogen) atoms. The fourth-order valence-electron chi connectivity index (χ4n) is 5.33. The quantitative estimate of drug-likeness (QED) is 0.314. The smallest absolute Gasteiger partial charge is 0.232 e. The van der Waals surface area contributed by atoms with Gasteiger partial charge in [-0.05, 0) is 31.5 Å². The summed E-state index contributed by atoms with van der Waals surface area (Å²) in [6.07, 6.45) is 9.03. The molecule has 0 radical (unpaired) electrons. The van der Waals surface area contributed by atoms with Gasteiger partial charge in [0, 0.05) is 66.8 Å². The number of rotatable bonds is 9. The molecule has 4 heterocycles. The summed E-state index contributed by atoms with van der Waals surface area (Å²) in [5.74, 6) is -1.17. The molecule has 5 rings (SSSR count). The third-order valence-electron chi connectivity index (χ3n) is 7.31. The number of halogens is 2. The highest BCUT2D eigenvalue weighted by atomic mass is 32.2. The lowest BCUT2D eigenvalue weighted by Gasteiger charge is -2.35. The highest BCUT2D eigenvalue weighted by Crippen LogP contribution is 2.39. The van der Waals surface area contributed by atoms with E-state index in [4.69, 9.17) is 4.98 Å². The van der Waals surface area contributed by atoms with Crippen LogP contribution in [0.2, 0.25) is 0 Å². The SMILES string of the molecule is CCCS(=O)(=O)Nc1ccc(F)c(-n2cc(-c3cncnc3)c3c(CC)c(N4CCN(CC)CC4)ncc32)c1F. The summed E-state index contributed by atoms with van der Waals surface area (Å²) in [4.78, 5) is 17.8. The molecular weight excluding hydrogens is 536 g/mol. The molecule has 0 saturated carbocycles. The number of aryl methyl sites for hydroxylation is 1. The Morgan fingerprint density at radius 2 is 1.73 bits per heavy atom. The van der Waals surface area contributed by atoms with Crippen LogP contribution in [0.1, 0.15) is 32.8 Å². The predicted molar refractivity (Wildman–Crippen MR) is 153 cm³/mol. The number of hydrogen-bond donors (Lipinski definition) is 1. The molecule has 4 aromatic rings. The first-order valence-electron chi connectivity index (χ1n) is 13.5. The first kappa shape index (κ1) is 27.9. The Morgan fingerprint density at radius 3 is 2.38 bits per heavy atom. The van der Waals surface area contributed by atoms with E-state index in [0.717, 1.165) is 61.6 Å². The maximum Gasteiger partial charge on any atom is 0.232 e. The molecule has 1 N–H and O–H groups in total. The van der Waals surface area contributed by atoms with Crippen molar-refractivity contribution in [1.82, 2.24) is 24.4 Å². The maximum absolute atomic E-state index is 15.9. The summed E-state index contributed by atoms with van der Waals surface area (Å²) in [6, 6.07) is 2.16. The molecule has 0 bridgehead atoms. The van der Waals surface area contributed by atoms with E-state index in [2.05, 4.69) is 31.4 Å². The average molecular weight is 570 g/mol. The van der Waals surface area contributed by atoms with Crippen LogP contribution in [0.25, 0.3) is 27.7 Å². The molecular formula is C28H33F2N7O2S. The topological polar surface area (TPSA) is 96.2 Å². The molecule has 0 spiro atoms. The zero-order chi connectivity index (χ0) is 28.4. The summed E-state index contributed by atoms with van der Waals surface area (Å²) in [5, 5.41) is 0.802. The minimum Gasteiger partial charge on any atom is -0.354 e. The lowest BCUT2D eigenvalue weighted by Crippen LogP contribution is -2.46. The van der Waals surface area contributed by atoms with Gasteiger partial charge in [0.2, 0.25) is 10.0 Å². The van der Waals surface area contributed by atoms with Crippen LogP contribution >= 0.6 is 0 Å². The summed E-state index contributed by atoms with van der Waals surface area (Å²) in [6.45, 7) is 10.4. The number of sulfonamides is 1. The fourth-order valence-corrected chi connectivity index (χ4v) is 6.46. The highest BCUT2D eigenvalue weighted by Gasteiger charge is 2.26. The standard InChI is InChI=1S/C28H33F2N7O2S/c1-4-13-40(38,39)34-23-8-7-22(29)27(26(23)30)37-17-21(19-14-31-18-32-15-19)25-20(5-2)28(33-16-24(25)37)36-11-9-35(6-3)10-12-36/h7-8,14-18,34H,4-6,9-13H2,1-3H3. The van der Waals surface area contributed by atoms with Gasteiger partial charge >= 0.3 is 0 Å². The fraction of sp³-hybridized carbons (Fsp3) is 0.393. The van der Waals surface area contributed by atoms with E-state index in [1.54, 1.807) is 31.7 Å². The molecule has 1 fully saturated rings. The minimum atomic E-state index is -3.79. The van der Waals surface area contributed by atoms with Crippen molar-refractivity contribution in [2.24, 2.45) is 0 Å². The number of likely N-dealkylation sites (N-methyl/N-ethyl adjacent to an activating group) is 1. The van der Waals surface area contributed by atoms with Crippen LogP contribution < -0.4 is 9.62 Å². The van der Waals surface area contributed by atoms with E-state index >= 15 is 8.78 Å². The Morgan fingerprint density at radius 1 is 1.00 bits per heavy atom. The number of anilines is 2. The normalized spacial score (nSPS) is 14.7. The van der Waals surface area contributed by atoms with Crippen LogP contribution in [-0.4, -0.2) is 71.3 Å². The minimum absolute atomic E-state index is 0.178. The predicted octanol–water partition coefficient (Wildman–Crippen LogP) is 4.62. The van der Waals surface area contributed by atoms with Gasteiger partial charge in [-0.3, -0.25) is 4.72 Å². The van der Waals surface area contributed by atoms with E-state index in [0.29, 0.717) is 29.5 Å². The average Bonchev–Trinajstić information content (AvgIpc) is 3.34. The van der Waals surface area contributed by atoms with Gasteiger partial charge in [-0.25, -0.2) is 32.2 Å². The van der Waals surface area contributed by atoms with Crippen LogP contribution in [0.15, 0.2) is 43.2 Å². The number of piperazine rings is 1. The van der Waals surface area contributed by atoms with E-state index in [-0.39, 0.29) is 11.4 Å². The largest absolute Gasteiger partial charge is 0.354 e. The first-order chi connectivity index (χ1) is 19.3. The maximum atomic E-state index is 15.9. The molecule has 1 aliphatic rings. The number of nitrogens with zero attached hydrogens (tertiary/aromatic N) is 6. The summed E-state index contributed by atoms with van der Waals surface area (Å²) in [7, 11) is -3.79. The molecule has 3 aromatic heterocycles. The van der Waals surface area contributed by atoms with Crippen LogP contribution in [-0.2, 0) is 16.4 Å². The summed E-state index contributed by atoms with van der Waals surface area (Å²) in [5.41, 5.74) is 2.15. The third kappa shape index (κ3) is 5.25. The Hall–Kier alpha value is -3.64. The zero-order valence-electron chi connectivity index (χ0n) is 22.9. The van der Waals surface area contributed by atoms with E-state index in [1.807, 2.05) is 6.92 Å². The number of pyridine rings is 1. The van der Waals surface area contributed by atoms with Crippen molar-refractivity contribution >= 4 is 32.4 Å². The van der Waals surface area contributed by atoms with E-state index in [9.17, 15) is 8.42 Å². The molecule has 0 aliphatic carbocycles. The molecule has 9 nitrogen and oxygen atoms in total. The molecule has 0 amide bonds. The number of benzene rings is 1. The molecule has 0 atom stereocenters. The molecule has 1 aromatic carbocycles. The van der Waals surface area contributed by atoms with Crippen LogP contribution in [0.3, 0.4) is 0 Å². The van der Waals surface area contributed by atoms with E-state index < -0.39 is 27.3 Å². The molecule has 212 valence electrons. The van der Waals surface area contributed by atoms with Crippen LogP contribution in [0.4, 0.5) is 20.3 Å². The van der Waals surface area contributed by atoms with Crippen LogP contribution in [0.5, 0.6) is 0 Å². The number of fused-ring (bicyclic) bond motifs is 1. The molecule has 1 aliphatic heterocycles. The highest BCUT2D eigenvalue weighted by molar-refractivity contribution is 7.92. The molecule has 1 saturated heterocycles. The van der Waals surface area contributed by atoms with Crippen molar-refractivity contribution in [2.45, 2.75) is 33.6 Å². The second-order valence-electron chi connectivity index (χ2n) is 9.81. The Balaban J connectivity index is 1.72. The van der Waals surface area contributed by atoms with Crippen molar-refractivity contribution in [2.75, 3.05) is 48.1 Å². The molecule has 0 unspecified atom stereocenters. The van der Waals surface area contributed by atoms with Crippen molar-refractivity contribution < 1.29 is 17.2 Å². The van der Waals surface area contributed by atoms with Crippen molar-refractivity contribution in [3.8, 4) is 16.8 Å². The summed E-state index contributed by atoms with van der Waals surface area (Å²) < 4.78 is 59.7. The third-order valence-corrected chi connectivity index (χ3v) is 8.79. The number of hydrogen-bond acceptors (Lipinski definition) is 7. The molecule has 12 heteroatoms. The van der Waals surface area contributed by atoms with Crippen molar-refractivity contribution in [3.05, 3.63) is 60.4 Å². The Bertz CT molecular complexity index is 1620. The van der Waals surface area contributed by atoms with Gasteiger partial charge in [0.15, 0.2) is 5.82 Å². The Kier molecular flexibility index (Phi) is 7.99. The lowest BCUT2D eigenvalue weighted by atomic mass is 10.0. The van der Waals surface area contributed by atoms with Gasteiger partial charge in [-0.15, -0.1) is 0 Å². The monoisotopic (exact) mass is 569 g/mol. The van der Waals surface area contributed by atoms with E-state index in [1.165, 1.54) is 10.9 Å². The van der Waals surface area contributed by atoms with Crippen molar-refractivity contribution in [3.63, 3.8) is 0 Å². The second-order valence-corrected chi connectivity index (χ2v) is 11.7. The zero-order valence-corrected chi connectivity index (χ0v) is 23.7. The first-order valence-corrected chi connectivity index (χ1v) is 15.2. The van der Waals surface area contributed by atoms with Gasteiger partial charge in [-0.2, -0.15) is 0 Å². The Labute approximate surface area is 232 Å². The van der Waals surface area contributed by atoms with Crippen LogP contribution in [0, 0.1) is 11.6 Å². The number of nitrogens with one attached hydrogen (secondary N) is 1. The van der Waals surface area contributed by atoms with Gasteiger partial charge in [-0.1, -0.05) is 20.8 Å². The number of aromatic nitrogens is 4.